The van der Waals surface area contributed by atoms with Crippen molar-refractivity contribution in [1.82, 2.24) is 4.90 Å². The van der Waals surface area contributed by atoms with Crippen LogP contribution in [0.15, 0.2) is 18.2 Å². The Morgan fingerprint density at radius 3 is 2.58 bits per heavy atom. The number of anilines is 1. The number of nitrogens with zero attached hydrogens (tertiary/aromatic N) is 1. The highest BCUT2D eigenvalue weighted by Crippen LogP contribution is 2.19. The molecule has 5 heteroatoms. The zero-order valence-corrected chi connectivity index (χ0v) is 11.4. The van der Waals surface area contributed by atoms with E-state index in [4.69, 9.17) is 10.8 Å². The molecule has 1 rings (SSSR count). The summed E-state index contributed by atoms with van der Waals surface area (Å²) in [6.07, 6.45) is 1.55. The average Bonchev–Trinajstić information content (AvgIpc) is 2.41. The molecule has 0 saturated heterocycles. The van der Waals surface area contributed by atoms with Crippen LogP contribution in [0.3, 0.4) is 0 Å². The van der Waals surface area contributed by atoms with Crippen molar-refractivity contribution in [2.45, 2.75) is 32.7 Å². The van der Waals surface area contributed by atoms with Crippen LogP contribution >= 0.6 is 0 Å². The normalized spacial score (nSPS) is 10.8. The smallest absolute Gasteiger partial charge is 0.256 e. The minimum Gasteiger partial charge on any atom is -0.398 e. The monoisotopic (exact) mass is 268 g/mol. The number of carbonyl (C=O) groups is 1. The second kappa shape index (κ2) is 7.09. The Morgan fingerprint density at radius 2 is 2.05 bits per heavy atom. The van der Waals surface area contributed by atoms with Crippen LogP contribution in [0.2, 0.25) is 0 Å². The number of aliphatic hydroxyl groups excluding tert-OH is 1. The van der Waals surface area contributed by atoms with Crippen LogP contribution in [0.1, 0.15) is 37.0 Å². The Kier molecular flexibility index (Phi) is 5.76. The Morgan fingerprint density at radius 1 is 1.42 bits per heavy atom. The van der Waals surface area contributed by atoms with Crippen molar-refractivity contribution in [1.29, 1.82) is 0 Å². The van der Waals surface area contributed by atoms with Gasteiger partial charge in [0, 0.05) is 18.3 Å². The third-order valence-corrected chi connectivity index (χ3v) is 3.23. The van der Waals surface area contributed by atoms with E-state index in [2.05, 4.69) is 0 Å². The van der Waals surface area contributed by atoms with E-state index >= 15 is 0 Å². The Balaban J connectivity index is 3.08. The van der Waals surface area contributed by atoms with E-state index < -0.39 is 5.82 Å². The minimum absolute atomic E-state index is 0.0160. The third kappa shape index (κ3) is 3.67. The molecule has 106 valence electrons. The van der Waals surface area contributed by atoms with Crippen molar-refractivity contribution in [3.8, 4) is 0 Å². The summed E-state index contributed by atoms with van der Waals surface area (Å²) in [6.45, 7) is 4.04. The number of amides is 1. The van der Waals surface area contributed by atoms with Crippen molar-refractivity contribution >= 4 is 11.6 Å². The molecular formula is C14H21FN2O2. The molecule has 0 fully saturated rings. The fourth-order valence-corrected chi connectivity index (χ4v) is 2.16. The summed E-state index contributed by atoms with van der Waals surface area (Å²) < 4.78 is 13.2. The van der Waals surface area contributed by atoms with Crippen molar-refractivity contribution in [2.75, 3.05) is 18.9 Å². The molecule has 0 heterocycles. The van der Waals surface area contributed by atoms with Gasteiger partial charge in [0.25, 0.3) is 5.91 Å². The average molecular weight is 268 g/mol. The maximum Gasteiger partial charge on any atom is 0.256 e. The molecule has 0 aliphatic carbocycles. The molecule has 1 aromatic rings. The number of halogens is 1. The molecular weight excluding hydrogens is 247 g/mol. The zero-order chi connectivity index (χ0) is 14.4. The largest absolute Gasteiger partial charge is 0.398 e. The number of aliphatic hydroxyl groups is 1. The van der Waals surface area contributed by atoms with Crippen molar-refractivity contribution in [3.05, 3.63) is 29.6 Å². The third-order valence-electron chi connectivity index (χ3n) is 3.23. The van der Waals surface area contributed by atoms with Crippen LogP contribution in [0, 0.1) is 5.82 Å². The molecule has 0 bridgehead atoms. The van der Waals surface area contributed by atoms with Crippen molar-refractivity contribution < 1.29 is 14.3 Å². The summed E-state index contributed by atoms with van der Waals surface area (Å²) in [5, 5.41) is 9.10. The van der Waals surface area contributed by atoms with Gasteiger partial charge in [-0.2, -0.15) is 0 Å². The van der Waals surface area contributed by atoms with E-state index in [1.54, 1.807) is 4.90 Å². The summed E-state index contributed by atoms with van der Waals surface area (Å²) in [7, 11) is 0. The Labute approximate surface area is 113 Å². The molecule has 0 saturated carbocycles. The number of hydrogen-bond acceptors (Lipinski definition) is 3. The van der Waals surface area contributed by atoms with Crippen LogP contribution in [-0.4, -0.2) is 35.1 Å². The number of nitrogen functional groups attached to an aromatic ring is 1. The molecule has 0 atom stereocenters. The maximum atomic E-state index is 13.2. The molecule has 0 aromatic heterocycles. The summed E-state index contributed by atoms with van der Waals surface area (Å²) in [6, 6.07) is 3.76. The number of benzene rings is 1. The van der Waals surface area contributed by atoms with Crippen LogP contribution in [0.4, 0.5) is 10.1 Å². The first-order valence-electron chi connectivity index (χ1n) is 6.51. The molecule has 1 amide bonds. The second-order valence-corrected chi connectivity index (χ2v) is 4.42. The van der Waals surface area contributed by atoms with Gasteiger partial charge in [-0.15, -0.1) is 0 Å². The van der Waals surface area contributed by atoms with Gasteiger partial charge in [0.15, 0.2) is 0 Å². The molecule has 4 nitrogen and oxygen atoms in total. The first-order valence-corrected chi connectivity index (χ1v) is 6.51. The molecule has 0 aliphatic rings. The van der Waals surface area contributed by atoms with Gasteiger partial charge < -0.3 is 15.7 Å². The number of hydrogen-bond donors (Lipinski definition) is 2. The van der Waals surface area contributed by atoms with Gasteiger partial charge in [-0.05, 0) is 31.0 Å². The molecule has 19 heavy (non-hydrogen) atoms. The van der Waals surface area contributed by atoms with E-state index in [-0.39, 0.29) is 36.4 Å². The number of nitrogens with two attached hydrogens (primary N) is 1. The van der Waals surface area contributed by atoms with Gasteiger partial charge in [0.1, 0.15) is 5.82 Å². The van der Waals surface area contributed by atoms with Gasteiger partial charge in [-0.1, -0.05) is 13.8 Å². The quantitative estimate of drug-likeness (QED) is 0.776. The van der Waals surface area contributed by atoms with Crippen molar-refractivity contribution in [2.24, 2.45) is 0 Å². The Hall–Kier alpha value is -1.62. The summed E-state index contributed by atoms with van der Waals surface area (Å²) in [5.41, 5.74) is 6.13. The summed E-state index contributed by atoms with van der Waals surface area (Å²) >= 11 is 0. The van der Waals surface area contributed by atoms with Crippen LogP contribution in [0.5, 0.6) is 0 Å². The number of rotatable bonds is 6. The molecule has 1 aromatic carbocycles. The van der Waals surface area contributed by atoms with Gasteiger partial charge in [-0.25, -0.2) is 4.39 Å². The van der Waals surface area contributed by atoms with E-state index in [0.29, 0.717) is 0 Å². The van der Waals surface area contributed by atoms with Crippen LogP contribution < -0.4 is 5.73 Å². The van der Waals surface area contributed by atoms with Crippen LogP contribution in [-0.2, 0) is 0 Å². The SMILES string of the molecule is CCC(CC)N(CCO)C(=O)c1cc(F)ccc1N. The van der Waals surface area contributed by atoms with Gasteiger partial charge >= 0.3 is 0 Å². The lowest BCUT2D eigenvalue weighted by atomic mass is 10.1. The molecule has 0 unspecified atom stereocenters. The predicted octanol–water partition coefficient (Wildman–Crippen LogP) is 2.03. The lowest BCUT2D eigenvalue weighted by Gasteiger charge is -2.30. The molecule has 0 spiro atoms. The lowest BCUT2D eigenvalue weighted by Crippen LogP contribution is -2.41. The molecule has 0 radical (unpaired) electrons. The second-order valence-electron chi connectivity index (χ2n) is 4.42. The van der Waals surface area contributed by atoms with Gasteiger partial charge in [0.05, 0.1) is 12.2 Å². The highest BCUT2D eigenvalue weighted by molar-refractivity contribution is 5.99. The fourth-order valence-electron chi connectivity index (χ4n) is 2.16. The van der Waals surface area contributed by atoms with E-state index in [9.17, 15) is 9.18 Å². The predicted molar refractivity (Wildman–Crippen MR) is 73.3 cm³/mol. The Bertz CT molecular complexity index is 433. The summed E-state index contributed by atoms with van der Waals surface area (Å²) in [4.78, 5) is 14.0. The minimum atomic E-state index is -0.494. The summed E-state index contributed by atoms with van der Waals surface area (Å²) in [5.74, 6) is -0.828. The van der Waals surface area contributed by atoms with Crippen LogP contribution in [0.25, 0.3) is 0 Å². The van der Waals surface area contributed by atoms with Gasteiger partial charge in [-0.3, -0.25) is 4.79 Å². The van der Waals surface area contributed by atoms with E-state index in [1.807, 2.05) is 13.8 Å². The lowest BCUT2D eigenvalue weighted by molar-refractivity contribution is 0.0623. The van der Waals surface area contributed by atoms with Gasteiger partial charge in [0.2, 0.25) is 0 Å². The topological polar surface area (TPSA) is 66.6 Å². The molecule has 0 aliphatic heterocycles. The highest BCUT2D eigenvalue weighted by Gasteiger charge is 2.23. The standard InChI is InChI=1S/C14H21FN2O2/c1-3-11(4-2)17(7-8-18)14(19)12-9-10(15)5-6-13(12)16/h5-6,9,11,18H,3-4,7-8,16H2,1-2H3. The number of carbonyl (C=O) groups excluding carboxylic acids is 1. The first kappa shape index (κ1) is 15.4. The van der Waals surface area contributed by atoms with E-state index in [1.165, 1.54) is 12.1 Å². The maximum absolute atomic E-state index is 13.2. The van der Waals surface area contributed by atoms with E-state index in [0.717, 1.165) is 18.9 Å². The molecule has 3 N–H and O–H groups in total. The van der Waals surface area contributed by atoms with Crippen molar-refractivity contribution in [3.63, 3.8) is 0 Å². The fraction of sp³-hybridized carbons (Fsp3) is 0.500. The first-order chi connectivity index (χ1) is 9.04. The highest BCUT2D eigenvalue weighted by atomic mass is 19.1. The zero-order valence-electron chi connectivity index (χ0n) is 11.4.